The molecular formula is C28H45N3O11. The molecule has 1 amide bonds. The molecule has 42 heavy (non-hydrogen) atoms. The van der Waals surface area contributed by atoms with Crippen molar-refractivity contribution in [3.63, 3.8) is 0 Å². The highest BCUT2D eigenvalue weighted by molar-refractivity contribution is 5.83. The lowest BCUT2D eigenvalue weighted by Gasteiger charge is -2.29. The fourth-order valence-corrected chi connectivity index (χ4v) is 4.22. The third kappa shape index (κ3) is 11.1. The van der Waals surface area contributed by atoms with E-state index in [1.54, 1.807) is 0 Å². The number of carbonyl (C=O) groups excluding carboxylic acids is 3. The summed E-state index contributed by atoms with van der Waals surface area (Å²) in [4.78, 5) is 53.2. The zero-order chi connectivity index (χ0) is 31.0. The summed E-state index contributed by atoms with van der Waals surface area (Å²) >= 11 is 0. The summed E-state index contributed by atoms with van der Waals surface area (Å²) < 4.78 is 32.6. The fraction of sp³-hybridized carbons (Fsp3) is 0.750. The summed E-state index contributed by atoms with van der Waals surface area (Å²) in [7, 11) is 0. The maximum Gasteiger partial charge on any atom is 0.508 e. The molecule has 4 atom stereocenters. The normalized spacial score (nSPS) is 21.4. The molecule has 1 aliphatic rings. The number of hydrogen-bond acceptors (Lipinski definition) is 12. The molecule has 1 aromatic rings. The van der Waals surface area contributed by atoms with Crippen molar-refractivity contribution >= 4 is 24.2 Å². The third-order valence-corrected chi connectivity index (χ3v) is 6.54. The lowest BCUT2D eigenvalue weighted by Crippen LogP contribution is -2.48. The zero-order valence-electron chi connectivity index (χ0n) is 25.0. The van der Waals surface area contributed by atoms with Crippen LogP contribution in [0.4, 0.5) is 20.2 Å². The Morgan fingerprint density at radius 2 is 1.50 bits per heavy atom. The van der Waals surface area contributed by atoms with Gasteiger partial charge in [0, 0.05) is 6.20 Å². The van der Waals surface area contributed by atoms with E-state index in [9.17, 15) is 24.3 Å². The van der Waals surface area contributed by atoms with Gasteiger partial charge in [0.1, 0.15) is 24.1 Å². The van der Waals surface area contributed by atoms with Crippen molar-refractivity contribution in [1.29, 1.82) is 0 Å². The summed E-state index contributed by atoms with van der Waals surface area (Å²) in [6, 6.07) is 1.32. The molecule has 0 saturated carbocycles. The number of amides is 1. The number of ether oxygens (including phenoxy) is 6. The van der Waals surface area contributed by atoms with Gasteiger partial charge in [0.25, 0.3) is 0 Å². The van der Waals surface area contributed by atoms with Crippen LogP contribution < -0.4 is 11.0 Å². The van der Waals surface area contributed by atoms with Gasteiger partial charge in [-0.1, -0.05) is 59.3 Å². The van der Waals surface area contributed by atoms with Gasteiger partial charge in [-0.3, -0.25) is 9.88 Å². The molecule has 0 aliphatic carbocycles. The summed E-state index contributed by atoms with van der Waals surface area (Å²) in [5.41, 5.74) is -2.86. The van der Waals surface area contributed by atoms with Crippen LogP contribution >= 0.6 is 0 Å². The van der Waals surface area contributed by atoms with Gasteiger partial charge in [-0.05, 0) is 32.3 Å². The molecule has 1 aliphatic heterocycles. The van der Waals surface area contributed by atoms with Crippen LogP contribution in [0.1, 0.15) is 91.7 Å². The van der Waals surface area contributed by atoms with Crippen molar-refractivity contribution < 1.29 is 47.9 Å². The first-order chi connectivity index (χ1) is 20.1. The first kappa shape index (κ1) is 34.8. The molecule has 1 aromatic heterocycles. The minimum atomic E-state index is -1.99. The molecule has 1 saturated heterocycles. The molecule has 0 spiro atoms. The van der Waals surface area contributed by atoms with Gasteiger partial charge in [0.2, 0.25) is 0 Å². The van der Waals surface area contributed by atoms with Crippen LogP contribution in [0.25, 0.3) is 0 Å². The Morgan fingerprint density at radius 1 is 0.929 bits per heavy atom. The SMILES string of the molecule is CCCCCOC(=O)Nc1ccn([C@@H]2O[C@H](COC(=O)OCCCCC)[C@@H](OC(=O)OCCCCC)[C@@]2(C)O)c(=O)n1. The van der Waals surface area contributed by atoms with Gasteiger partial charge < -0.3 is 33.5 Å². The first-order valence-corrected chi connectivity index (χ1v) is 14.7. The Morgan fingerprint density at radius 3 is 2.07 bits per heavy atom. The summed E-state index contributed by atoms with van der Waals surface area (Å²) in [5, 5.41) is 13.8. The molecule has 0 bridgehead atoms. The highest BCUT2D eigenvalue weighted by Crippen LogP contribution is 2.39. The second-order valence-corrected chi connectivity index (χ2v) is 10.2. The number of aliphatic hydroxyl groups is 1. The van der Waals surface area contributed by atoms with Gasteiger partial charge in [0.15, 0.2) is 12.3 Å². The Balaban J connectivity index is 2.14. The average molecular weight is 600 g/mol. The van der Waals surface area contributed by atoms with Gasteiger partial charge in [0.05, 0.1) is 19.8 Å². The topological polar surface area (TPSA) is 174 Å². The zero-order valence-corrected chi connectivity index (χ0v) is 25.0. The molecule has 0 unspecified atom stereocenters. The van der Waals surface area contributed by atoms with Crippen molar-refractivity contribution in [3.8, 4) is 0 Å². The summed E-state index contributed by atoms with van der Waals surface area (Å²) in [6.45, 7) is 7.44. The van der Waals surface area contributed by atoms with E-state index in [0.717, 1.165) is 43.1 Å². The summed E-state index contributed by atoms with van der Waals surface area (Å²) in [5.74, 6) is -0.0662. The van der Waals surface area contributed by atoms with E-state index < -0.39 is 54.7 Å². The first-order valence-electron chi connectivity index (χ1n) is 14.7. The standard InChI is InChI=1S/C28H45N3O11/c1-5-8-11-16-37-25(33)30-21-14-15-31(24(32)29-21)23-28(4,36)22(42-27(35)39-18-13-10-7-3)20(41-23)19-40-26(34)38-17-12-9-6-2/h14-15,20,22-23,36H,5-13,16-19H2,1-4H3,(H,29,30,32,33)/t20-,22-,23-,28-/m1/s1. The number of anilines is 1. The molecule has 14 heteroatoms. The van der Waals surface area contributed by atoms with E-state index in [0.29, 0.717) is 19.3 Å². The Labute approximate surface area is 246 Å². The molecule has 1 fully saturated rings. The van der Waals surface area contributed by atoms with Crippen LogP contribution in [-0.4, -0.2) is 77.3 Å². The molecule has 238 valence electrons. The van der Waals surface area contributed by atoms with Crippen LogP contribution in [0, 0.1) is 0 Å². The summed E-state index contributed by atoms with van der Waals surface area (Å²) in [6.07, 6.45) is 2.05. The van der Waals surface area contributed by atoms with E-state index in [4.69, 9.17) is 28.4 Å². The number of nitrogens with zero attached hydrogens (tertiary/aromatic N) is 2. The molecule has 14 nitrogen and oxygen atoms in total. The van der Waals surface area contributed by atoms with E-state index >= 15 is 0 Å². The van der Waals surface area contributed by atoms with Crippen LogP contribution in [0.2, 0.25) is 0 Å². The van der Waals surface area contributed by atoms with Crippen molar-refractivity contribution in [2.24, 2.45) is 0 Å². The van der Waals surface area contributed by atoms with Crippen LogP contribution in [0.5, 0.6) is 0 Å². The highest BCUT2D eigenvalue weighted by atomic mass is 16.8. The number of nitrogens with one attached hydrogen (secondary N) is 1. The molecule has 2 N–H and O–H groups in total. The van der Waals surface area contributed by atoms with E-state index in [-0.39, 0.29) is 25.6 Å². The van der Waals surface area contributed by atoms with Crippen LogP contribution in [0.3, 0.4) is 0 Å². The van der Waals surface area contributed by atoms with Crippen molar-refractivity contribution in [2.45, 2.75) is 110 Å². The smallest absolute Gasteiger partial charge is 0.449 e. The maximum absolute atomic E-state index is 12.9. The third-order valence-electron chi connectivity index (χ3n) is 6.54. The maximum atomic E-state index is 12.9. The van der Waals surface area contributed by atoms with E-state index in [2.05, 4.69) is 10.3 Å². The molecule has 0 radical (unpaired) electrons. The van der Waals surface area contributed by atoms with Gasteiger partial charge in [-0.25, -0.2) is 19.2 Å². The predicted octanol–water partition coefficient (Wildman–Crippen LogP) is 4.69. The van der Waals surface area contributed by atoms with E-state index in [1.807, 2.05) is 20.8 Å². The number of carbonyl (C=O) groups is 3. The number of unbranched alkanes of at least 4 members (excludes halogenated alkanes) is 6. The molecule has 0 aromatic carbocycles. The lowest BCUT2D eigenvalue weighted by molar-refractivity contribution is -0.105. The largest absolute Gasteiger partial charge is 0.508 e. The molecule has 2 rings (SSSR count). The predicted molar refractivity (Wildman–Crippen MR) is 150 cm³/mol. The minimum Gasteiger partial charge on any atom is -0.449 e. The average Bonchev–Trinajstić information content (AvgIpc) is 3.19. The van der Waals surface area contributed by atoms with Gasteiger partial charge in [-0.2, -0.15) is 4.98 Å². The minimum absolute atomic E-state index is 0.0662. The number of rotatable bonds is 17. The van der Waals surface area contributed by atoms with Crippen molar-refractivity contribution in [2.75, 3.05) is 31.7 Å². The number of aromatic nitrogens is 2. The van der Waals surface area contributed by atoms with Crippen LogP contribution in [0.15, 0.2) is 17.1 Å². The second-order valence-electron chi connectivity index (χ2n) is 10.2. The Bertz CT molecular complexity index is 1050. The fourth-order valence-electron chi connectivity index (χ4n) is 4.22. The Kier molecular flexibility index (Phi) is 15.1. The second kappa shape index (κ2) is 18.2. The van der Waals surface area contributed by atoms with Crippen molar-refractivity contribution in [3.05, 3.63) is 22.7 Å². The monoisotopic (exact) mass is 599 g/mol. The highest BCUT2D eigenvalue weighted by Gasteiger charge is 2.57. The Hall–Kier alpha value is -3.39. The van der Waals surface area contributed by atoms with E-state index in [1.165, 1.54) is 19.2 Å². The quantitative estimate of drug-likeness (QED) is 0.144. The van der Waals surface area contributed by atoms with Gasteiger partial charge >= 0.3 is 24.1 Å². The molecule has 2 heterocycles. The van der Waals surface area contributed by atoms with Gasteiger partial charge in [-0.15, -0.1) is 0 Å². The molecular weight excluding hydrogens is 554 g/mol. The number of hydrogen-bond donors (Lipinski definition) is 2. The van der Waals surface area contributed by atoms with Crippen LogP contribution in [-0.2, 0) is 28.4 Å². The van der Waals surface area contributed by atoms with Crippen molar-refractivity contribution in [1.82, 2.24) is 9.55 Å². The lowest BCUT2D eigenvalue weighted by atomic mass is 9.96.